The molecule has 1 amide bonds. The number of hydrogen-bond donors (Lipinski definition) is 1. The van der Waals surface area contributed by atoms with Gasteiger partial charge in [-0.1, -0.05) is 0 Å². The SMILES string of the molecule is O=C(NC1CC1)c1ccnc(N2CCN(c3ccc(F)cc3)CC2)n1. The summed E-state index contributed by atoms with van der Waals surface area (Å²) in [6.45, 7) is 3.11. The molecule has 0 bridgehead atoms. The van der Waals surface area contributed by atoms with E-state index in [0.29, 0.717) is 17.7 Å². The van der Waals surface area contributed by atoms with Gasteiger partial charge in [0.1, 0.15) is 11.5 Å². The highest BCUT2D eigenvalue weighted by atomic mass is 19.1. The molecular weight excluding hydrogens is 321 g/mol. The molecule has 1 aliphatic carbocycles. The zero-order valence-electron chi connectivity index (χ0n) is 13.9. The van der Waals surface area contributed by atoms with Gasteiger partial charge in [-0.2, -0.15) is 0 Å². The monoisotopic (exact) mass is 341 g/mol. The van der Waals surface area contributed by atoms with E-state index in [9.17, 15) is 9.18 Å². The van der Waals surface area contributed by atoms with Gasteiger partial charge < -0.3 is 15.1 Å². The van der Waals surface area contributed by atoms with E-state index in [1.54, 1.807) is 24.4 Å². The van der Waals surface area contributed by atoms with Crippen molar-refractivity contribution in [3.05, 3.63) is 48.0 Å². The summed E-state index contributed by atoms with van der Waals surface area (Å²) >= 11 is 0. The van der Waals surface area contributed by atoms with Crippen LogP contribution in [0.2, 0.25) is 0 Å². The summed E-state index contributed by atoms with van der Waals surface area (Å²) in [5.41, 5.74) is 1.43. The molecule has 6 nitrogen and oxygen atoms in total. The maximum Gasteiger partial charge on any atom is 0.270 e. The third-order valence-corrected chi connectivity index (χ3v) is 4.54. The molecule has 0 unspecified atom stereocenters. The first-order valence-electron chi connectivity index (χ1n) is 8.58. The highest BCUT2D eigenvalue weighted by Crippen LogP contribution is 2.20. The first kappa shape index (κ1) is 15.8. The van der Waals surface area contributed by atoms with Crippen molar-refractivity contribution in [1.82, 2.24) is 15.3 Å². The van der Waals surface area contributed by atoms with Crippen molar-refractivity contribution in [2.45, 2.75) is 18.9 Å². The van der Waals surface area contributed by atoms with Gasteiger partial charge in [0.25, 0.3) is 5.91 Å². The minimum Gasteiger partial charge on any atom is -0.368 e. The summed E-state index contributed by atoms with van der Waals surface area (Å²) in [6.07, 6.45) is 3.74. The molecule has 1 aromatic heterocycles. The van der Waals surface area contributed by atoms with Crippen LogP contribution >= 0.6 is 0 Å². The molecule has 2 aliphatic rings. The van der Waals surface area contributed by atoms with E-state index in [0.717, 1.165) is 44.7 Å². The fraction of sp³-hybridized carbons (Fsp3) is 0.389. The summed E-state index contributed by atoms with van der Waals surface area (Å²) in [7, 11) is 0. The van der Waals surface area contributed by atoms with Crippen molar-refractivity contribution < 1.29 is 9.18 Å². The van der Waals surface area contributed by atoms with Crippen LogP contribution in [0.3, 0.4) is 0 Å². The Bertz CT molecular complexity index is 754. The average Bonchev–Trinajstić information content (AvgIpc) is 3.47. The van der Waals surface area contributed by atoms with E-state index in [4.69, 9.17) is 0 Å². The first-order chi connectivity index (χ1) is 12.2. The molecule has 2 fully saturated rings. The van der Waals surface area contributed by atoms with Gasteiger partial charge in [0.2, 0.25) is 5.95 Å². The molecule has 0 atom stereocenters. The van der Waals surface area contributed by atoms with Crippen molar-refractivity contribution in [1.29, 1.82) is 0 Å². The summed E-state index contributed by atoms with van der Waals surface area (Å²) < 4.78 is 13.0. The maximum atomic E-state index is 13.0. The molecule has 1 aromatic carbocycles. The predicted molar refractivity (Wildman–Crippen MR) is 93.3 cm³/mol. The van der Waals surface area contributed by atoms with Crippen LogP contribution in [0, 0.1) is 5.82 Å². The number of amides is 1. The lowest BCUT2D eigenvalue weighted by Crippen LogP contribution is -2.47. The van der Waals surface area contributed by atoms with Gasteiger partial charge in [-0.3, -0.25) is 4.79 Å². The normalized spacial score (nSPS) is 17.5. The Morgan fingerprint density at radius 1 is 1.04 bits per heavy atom. The molecular formula is C18H20FN5O. The number of aromatic nitrogens is 2. The predicted octanol–water partition coefficient (Wildman–Crippen LogP) is 1.83. The second kappa shape index (κ2) is 6.66. The zero-order chi connectivity index (χ0) is 17.2. The Kier molecular flexibility index (Phi) is 4.21. The van der Waals surface area contributed by atoms with E-state index in [-0.39, 0.29) is 11.7 Å². The Hall–Kier alpha value is -2.70. The number of rotatable bonds is 4. The van der Waals surface area contributed by atoms with Crippen LogP contribution < -0.4 is 15.1 Å². The van der Waals surface area contributed by atoms with Crippen molar-refractivity contribution in [2.75, 3.05) is 36.0 Å². The van der Waals surface area contributed by atoms with Crippen LogP contribution in [-0.2, 0) is 0 Å². The van der Waals surface area contributed by atoms with Gasteiger partial charge in [0.05, 0.1) is 0 Å². The summed E-state index contributed by atoms with van der Waals surface area (Å²) in [4.78, 5) is 25.2. The van der Waals surface area contributed by atoms with Crippen LogP contribution in [0.4, 0.5) is 16.0 Å². The maximum absolute atomic E-state index is 13.0. The molecule has 4 rings (SSSR count). The van der Waals surface area contributed by atoms with Gasteiger partial charge in [0.15, 0.2) is 0 Å². The van der Waals surface area contributed by atoms with Gasteiger partial charge in [-0.15, -0.1) is 0 Å². The summed E-state index contributed by atoms with van der Waals surface area (Å²) in [5, 5.41) is 2.95. The standard InChI is InChI=1S/C18H20FN5O/c19-13-1-5-15(6-2-13)23-9-11-24(12-10-23)18-20-8-7-16(22-18)17(25)21-14-3-4-14/h1-2,5-8,14H,3-4,9-12H2,(H,21,25). The third-order valence-electron chi connectivity index (χ3n) is 4.54. The number of nitrogens with zero attached hydrogens (tertiary/aromatic N) is 4. The highest BCUT2D eigenvalue weighted by molar-refractivity contribution is 5.92. The number of anilines is 2. The van der Waals surface area contributed by atoms with Gasteiger partial charge in [-0.25, -0.2) is 14.4 Å². The number of nitrogens with one attached hydrogen (secondary N) is 1. The van der Waals surface area contributed by atoms with Crippen LogP contribution in [0.15, 0.2) is 36.5 Å². The van der Waals surface area contributed by atoms with E-state index >= 15 is 0 Å². The number of carbonyl (C=O) groups excluding carboxylic acids is 1. The Morgan fingerprint density at radius 3 is 2.40 bits per heavy atom. The Labute approximate surface area is 145 Å². The topological polar surface area (TPSA) is 61.4 Å². The van der Waals surface area contributed by atoms with E-state index in [2.05, 4.69) is 25.1 Å². The van der Waals surface area contributed by atoms with Crippen molar-refractivity contribution >= 4 is 17.5 Å². The van der Waals surface area contributed by atoms with Crippen molar-refractivity contribution in [3.8, 4) is 0 Å². The number of benzene rings is 1. The molecule has 0 spiro atoms. The number of hydrogen-bond acceptors (Lipinski definition) is 5. The van der Waals surface area contributed by atoms with Crippen LogP contribution in [0.5, 0.6) is 0 Å². The molecule has 130 valence electrons. The lowest BCUT2D eigenvalue weighted by Gasteiger charge is -2.36. The molecule has 25 heavy (non-hydrogen) atoms. The highest BCUT2D eigenvalue weighted by Gasteiger charge is 2.25. The van der Waals surface area contributed by atoms with Gasteiger partial charge in [0, 0.05) is 44.1 Å². The smallest absolute Gasteiger partial charge is 0.270 e. The minimum absolute atomic E-state index is 0.129. The molecule has 1 saturated heterocycles. The number of carbonyl (C=O) groups is 1. The van der Waals surface area contributed by atoms with Crippen LogP contribution in [0.1, 0.15) is 23.3 Å². The lowest BCUT2D eigenvalue weighted by molar-refractivity contribution is 0.0946. The number of halogens is 1. The average molecular weight is 341 g/mol. The quantitative estimate of drug-likeness (QED) is 0.919. The molecule has 1 saturated carbocycles. The molecule has 0 radical (unpaired) electrons. The van der Waals surface area contributed by atoms with E-state index < -0.39 is 0 Å². The fourth-order valence-corrected chi connectivity index (χ4v) is 2.93. The third kappa shape index (κ3) is 3.70. The first-order valence-corrected chi connectivity index (χ1v) is 8.58. The minimum atomic E-state index is -0.225. The van der Waals surface area contributed by atoms with Crippen LogP contribution in [0.25, 0.3) is 0 Å². The summed E-state index contributed by atoms with van der Waals surface area (Å²) in [5.74, 6) is 0.232. The van der Waals surface area contributed by atoms with E-state index in [1.165, 1.54) is 12.1 Å². The Morgan fingerprint density at radius 2 is 1.72 bits per heavy atom. The fourth-order valence-electron chi connectivity index (χ4n) is 2.93. The molecule has 7 heteroatoms. The second-order valence-corrected chi connectivity index (χ2v) is 6.44. The molecule has 1 aliphatic heterocycles. The lowest BCUT2D eigenvalue weighted by atomic mass is 10.2. The second-order valence-electron chi connectivity index (χ2n) is 6.44. The van der Waals surface area contributed by atoms with E-state index in [1.807, 2.05) is 0 Å². The van der Waals surface area contributed by atoms with Gasteiger partial charge in [-0.05, 0) is 43.2 Å². The largest absolute Gasteiger partial charge is 0.368 e. The van der Waals surface area contributed by atoms with Crippen LogP contribution in [-0.4, -0.2) is 48.1 Å². The summed E-state index contributed by atoms with van der Waals surface area (Å²) in [6, 6.07) is 8.51. The van der Waals surface area contributed by atoms with Gasteiger partial charge >= 0.3 is 0 Å². The van der Waals surface area contributed by atoms with Crippen molar-refractivity contribution in [2.24, 2.45) is 0 Å². The van der Waals surface area contributed by atoms with Crippen molar-refractivity contribution in [3.63, 3.8) is 0 Å². The molecule has 2 heterocycles. The Balaban J connectivity index is 1.40. The molecule has 1 N–H and O–H groups in total. The zero-order valence-corrected chi connectivity index (χ0v) is 13.9. The molecule has 2 aromatic rings. The number of piperazine rings is 1.